The van der Waals surface area contributed by atoms with Crippen LogP contribution in [0.4, 0.5) is 0 Å². The summed E-state index contributed by atoms with van der Waals surface area (Å²) in [4.78, 5) is 3.89. The lowest BCUT2D eigenvalue weighted by molar-refractivity contribution is 1.47. The summed E-state index contributed by atoms with van der Waals surface area (Å²) in [5, 5.41) is 2.03. The highest BCUT2D eigenvalue weighted by Gasteiger charge is 1.94. The maximum absolute atomic E-state index is 3.89. The first-order chi connectivity index (χ1) is 4.34. The van der Waals surface area contributed by atoms with Crippen LogP contribution >= 0.6 is 27.3 Å². The second-order valence-corrected chi connectivity index (χ2v) is 3.77. The predicted octanol–water partition coefficient (Wildman–Crippen LogP) is 2.56. The summed E-state index contributed by atoms with van der Waals surface area (Å²) in [6, 6.07) is 2.03. The highest BCUT2D eigenvalue weighted by atomic mass is 79.9. The molecule has 0 aromatic carbocycles. The van der Waals surface area contributed by atoms with Gasteiger partial charge < -0.3 is 0 Å². The van der Waals surface area contributed by atoms with E-state index >= 15 is 0 Å². The first-order valence-corrected chi connectivity index (χ1v) is 4.17. The number of halogens is 1. The zero-order valence-electron chi connectivity index (χ0n) is 4.97. The number of rotatable bonds is 1. The molecule has 0 saturated heterocycles. The van der Waals surface area contributed by atoms with Gasteiger partial charge in [0, 0.05) is 18.8 Å². The van der Waals surface area contributed by atoms with Gasteiger partial charge in [0.2, 0.25) is 0 Å². The van der Waals surface area contributed by atoms with Crippen molar-refractivity contribution in [2.45, 2.75) is 0 Å². The van der Waals surface area contributed by atoms with Crippen LogP contribution in [-0.4, -0.2) is 13.3 Å². The fourth-order valence-electron chi connectivity index (χ4n) is 0.533. The number of aliphatic imine (C=N–C) groups is 1. The molecule has 0 saturated carbocycles. The first kappa shape index (κ1) is 6.96. The Morgan fingerprint density at radius 2 is 2.56 bits per heavy atom. The Hall–Kier alpha value is -0.150. The summed E-state index contributed by atoms with van der Waals surface area (Å²) in [6.45, 7) is 0. The lowest BCUT2D eigenvalue weighted by atomic mass is 10.4. The zero-order chi connectivity index (χ0) is 6.69. The van der Waals surface area contributed by atoms with Gasteiger partial charge in [-0.1, -0.05) is 0 Å². The van der Waals surface area contributed by atoms with Crippen LogP contribution in [0.5, 0.6) is 0 Å². The van der Waals surface area contributed by atoms with Crippen molar-refractivity contribution in [1.82, 2.24) is 0 Å². The van der Waals surface area contributed by atoms with E-state index in [2.05, 4.69) is 20.9 Å². The van der Waals surface area contributed by atoms with Crippen molar-refractivity contribution in [2.24, 2.45) is 4.99 Å². The van der Waals surface area contributed by atoms with Gasteiger partial charge in [0.15, 0.2) is 0 Å². The first-order valence-electron chi connectivity index (χ1n) is 2.49. The van der Waals surface area contributed by atoms with E-state index in [0.29, 0.717) is 0 Å². The molecule has 1 aromatic rings. The second kappa shape index (κ2) is 3.13. The zero-order valence-corrected chi connectivity index (χ0v) is 7.37. The minimum absolute atomic E-state index is 1.15. The van der Waals surface area contributed by atoms with Crippen LogP contribution in [0, 0.1) is 0 Å². The molecule has 0 unspecified atom stereocenters. The van der Waals surface area contributed by atoms with Crippen molar-refractivity contribution >= 4 is 33.5 Å². The third-order valence-corrected chi connectivity index (χ3v) is 2.65. The van der Waals surface area contributed by atoms with E-state index in [4.69, 9.17) is 0 Å². The Kier molecular flexibility index (Phi) is 2.42. The van der Waals surface area contributed by atoms with E-state index in [-0.39, 0.29) is 0 Å². The van der Waals surface area contributed by atoms with Crippen LogP contribution in [0.2, 0.25) is 0 Å². The van der Waals surface area contributed by atoms with Crippen LogP contribution in [0.15, 0.2) is 20.2 Å². The highest BCUT2D eigenvalue weighted by molar-refractivity contribution is 9.11. The van der Waals surface area contributed by atoms with Gasteiger partial charge in [-0.05, 0) is 27.4 Å². The molecule has 0 N–H and O–H groups in total. The molecule has 0 bridgehead atoms. The maximum Gasteiger partial charge on any atom is 0.0785 e. The van der Waals surface area contributed by atoms with E-state index in [9.17, 15) is 0 Å². The highest BCUT2D eigenvalue weighted by Crippen LogP contribution is 2.21. The van der Waals surface area contributed by atoms with Gasteiger partial charge in [0.05, 0.1) is 3.79 Å². The lowest BCUT2D eigenvalue weighted by Gasteiger charge is -1.82. The topological polar surface area (TPSA) is 12.4 Å². The fraction of sp³-hybridized carbons (Fsp3) is 0.167. The van der Waals surface area contributed by atoms with Gasteiger partial charge in [-0.2, -0.15) is 0 Å². The van der Waals surface area contributed by atoms with E-state index in [1.807, 2.05) is 17.7 Å². The van der Waals surface area contributed by atoms with Crippen molar-refractivity contribution in [3.8, 4) is 0 Å². The molecule has 0 aliphatic heterocycles. The quantitative estimate of drug-likeness (QED) is 0.623. The molecule has 1 rings (SSSR count). The molecule has 0 fully saturated rings. The molecular weight excluding hydrogens is 198 g/mol. The second-order valence-electron chi connectivity index (χ2n) is 1.54. The van der Waals surface area contributed by atoms with Gasteiger partial charge in [-0.3, -0.25) is 4.99 Å². The molecule has 1 aromatic heterocycles. The monoisotopic (exact) mass is 203 g/mol. The Bertz CT molecular complexity index is 217. The third-order valence-electron chi connectivity index (χ3n) is 0.914. The van der Waals surface area contributed by atoms with Crippen molar-refractivity contribution in [3.05, 3.63) is 20.8 Å². The fourth-order valence-corrected chi connectivity index (χ4v) is 1.68. The van der Waals surface area contributed by atoms with Crippen LogP contribution in [0.1, 0.15) is 5.56 Å². The van der Waals surface area contributed by atoms with E-state index in [1.165, 1.54) is 0 Å². The Morgan fingerprint density at radius 3 is 3.00 bits per heavy atom. The Labute approximate surface area is 66.6 Å². The van der Waals surface area contributed by atoms with Crippen molar-refractivity contribution < 1.29 is 0 Å². The van der Waals surface area contributed by atoms with Gasteiger partial charge in [-0.15, -0.1) is 11.3 Å². The van der Waals surface area contributed by atoms with E-state index < -0.39 is 0 Å². The molecule has 0 spiro atoms. The van der Waals surface area contributed by atoms with Crippen LogP contribution < -0.4 is 0 Å². The third kappa shape index (κ3) is 1.63. The van der Waals surface area contributed by atoms with Gasteiger partial charge >= 0.3 is 0 Å². The van der Waals surface area contributed by atoms with E-state index in [1.54, 1.807) is 18.4 Å². The summed E-state index contributed by atoms with van der Waals surface area (Å²) < 4.78 is 1.15. The molecule has 3 heteroatoms. The van der Waals surface area contributed by atoms with Crippen LogP contribution in [0.3, 0.4) is 0 Å². The summed E-state index contributed by atoms with van der Waals surface area (Å²) in [5.41, 5.74) is 1.16. The van der Waals surface area contributed by atoms with E-state index in [0.717, 1.165) is 9.35 Å². The molecule has 0 atom stereocenters. The minimum atomic E-state index is 1.15. The summed E-state index contributed by atoms with van der Waals surface area (Å²) in [5.74, 6) is 0. The average molecular weight is 204 g/mol. The average Bonchev–Trinajstić information content (AvgIpc) is 2.18. The lowest BCUT2D eigenvalue weighted by Crippen LogP contribution is -1.73. The normalized spacial score (nSPS) is 10.9. The van der Waals surface area contributed by atoms with Gasteiger partial charge in [0.1, 0.15) is 0 Å². The number of thiophene rings is 1. The van der Waals surface area contributed by atoms with Crippen molar-refractivity contribution in [1.29, 1.82) is 0 Å². The molecule has 0 radical (unpaired) electrons. The number of hydrogen-bond donors (Lipinski definition) is 0. The molecule has 48 valence electrons. The van der Waals surface area contributed by atoms with Crippen LogP contribution in [-0.2, 0) is 0 Å². The molecule has 0 aliphatic carbocycles. The molecule has 0 aliphatic rings. The molecule has 9 heavy (non-hydrogen) atoms. The van der Waals surface area contributed by atoms with Gasteiger partial charge in [-0.25, -0.2) is 0 Å². The summed E-state index contributed by atoms with van der Waals surface area (Å²) >= 11 is 5.06. The predicted molar refractivity (Wildman–Crippen MR) is 45.5 cm³/mol. The molecule has 1 nitrogen and oxygen atoms in total. The van der Waals surface area contributed by atoms with Crippen molar-refractivity contribution in [2.75, 3.05) is 7.05 Å². The smallest absolute Gasteiger partial charge is 0.0785 e. The maximum atomic E-state index is 3.89. The standard InChI is InChI=1S/C6H6BrNS/c1-8-4-5-2-3-9-6(5)7/h2-4H,1H3. The number of nitrogens with zero attached hydrogens (tertiary/aromatic N) is 1. The Morgan fingerprint density at radius 1 is 1.78 bits per heavy atom. The Balaban J connectivity index is 2.94. The molecule has 1 heterocycles. The molecular formula is C6H6BrNS. The van der Waals surface area contributed by atoms with Gasteiger partial charge in [0.25, 0.3) is 0 Å². The largest absolute Gasteiger partial charge is 0.296 e. The summed E-state index contributed by atoms with van der Waals surface area (Å²) in [7, 11) is 1.77. The molecule has 0 amide bonds. The SMILES string of the molecule is CN=Cc1ccsc1Br. The summed E-state index contributed by atoms with van der Waals surface area (Å²) in [6.07, 6.45) is 1.83. The van der Waals surface area contributed by atoms with Crippen molar-refractivity contribution in [3.63, 3.8) is 0 Å². The number of hydrogen-bond acceptors (Lipinski definition) is 2. The van der Waals surface area contributed by atoms with Crippen LogP contribution in [0.25, 0.3) is 0 Å². The minimum Gasteiger partial charge on any atom is -0.296 e.